The summed E-state index contributed by atoms with van der Waals surface area (Å²) in [5, 5.41) is 2.76. The van der Waals surface area contributed by atoms with Gasteiger partial charge in [0.15, 0.2) is 0 Å². The number of para-hydroxylation sites is 2. The van der Waals surface area contributed by atoms with Crippen LogP contribution in [0.25, 0.3) is 49.7 Å². The Bertz CT molecular complexity index is 3400. The van der Waals surface area contributed by atoms with Crippen molar-refractivity contribution in [3.05, 3.63) is 192 Å². The predicted octanol–water partition coefficient (Wildman–Crippen LogP) is 16.5. The lowest BCUT2D eigenvalue weighted by Crippen LogP contribution is -2.61. The summed E-state index contributed by atoms with van der Waals surface area (Å²) in [6.07, 6.45) is 9.23. The second kappa shape index (κ2) is 16.7. The molecular weight excluding hydrogens is 834 g/mol. The molecule has 0 saturated carbocycles. The highest BCUT2D eigenvalue weighted by Crippen LogP contribution is 2.52. The summed E-state index contributed by atoms with van der Waals surface area (Å²) in [6.45, 7) is 16.8. The lowest BCUT2D eigenvalue weighted by molar-refractivity contribution is 0.332. The van der Waals surface area contributed by atoms with Crippen LogP contribution >= 0.6 is 0 Å². The van der Waals surface area contributed by atoms with Crippen LogP contribution in [-0.4, -0.2) is 11.4 Å². The largest absolute Gasteiger partial charge is 0.376 e. The minimum absolute atomic E-state index is 0.0423. The second-order valence-corrected chi connectivity index (χ2v) is 21.7. The number of benzene rings is 8. The zero-order valence-electron chi connectivity index (χ0n) is 41.7. The maximum Gasteiger partial charge on any atom is 0.333 e. The average molecular weight is 898 g/mol. The highest BCUT2D eigenvalue weighted by atomic mass is 15.2. The molecule has 0 atom stereocenters. The highest BCUT2D eigenvalue weighted by molar-refractivity contribution is 6.93. The number of nitrogens with zero attached hydrogens (tertiary/aromatic N) is 3. The summed E-state index contributed by atoms with van der Waals surface area (Å²) in [5.41, 5.74) is 25.1. The van der Waals surface area contributed by atoms with Gasteiger partial charge < -0.3 is 14.3 Å². The SMILES string of the molecule is CCCCc1ccc2c(c1)c1cc(CCCC)cc3c1n2-c1cc(-c2ccccc2)cc2c1B3N(c1cc3c(cc1C)C(C)(C)CCC3(C)C)c1cc(N(c3ccccc3)c3ccccc3)ccc1-2. The summed E-state index contributed by atoms with van der Waals surface area (Å²) in [6, 6.07) is 63.0. The summed E-state index contributed by atoms with van der Waals surface area (Å²) in [4.78, 5) is 5.24. The Hall–Kier alpha value is -6.78. The number of aromatic nitrogens is 1. The molecule has 2 aliphatic heterocycles. The van der Waals surface area contributed by atoms with Crippen molar-refractivity contribution in [1.29, 1.82) is 0 Å². The van der Waals surface area contributed by atoms with Crippen LogP contribution in [-0.2, 0) is 23.7 Å². The minimum atomic E-state index is -0.0820. The predicted molar refractivity (Wildman–Crippen MR) is 297 cm³/mol. The molecule has 69 heavy (non-hydrogen) atoms. The molecule has 0 radical (unpaired) electrons. The molecule has 0 bridgehead atoms. The van der Waals surface area contributed by atoms with Crippen molar-refractivity contribution in [2.45, 2.75) is 111 Å². The lowest BCUT2D eigenvalue weighted by atomic mass is 9.43. The maximum absolute atomic E-state index is 2.81. The normalized spacial score (nSPS) is 15.0. The van der Waals surface area contributed by atoms with E-state index >= 15 is 0 Å². The molecule has 4 heteroatoms. The Balaban J connectivity index is 1.22. The first kappa shape index (κ1) is 43.5. The van der Waals surface area contributed by atoms with Crippen molar-refractivity contribution in [3.8, 4) is 27.9 Å². The fourth-order valence-electron chi connectivity index (χ4n) is 12.4. The Morgan fingerprint density at radius 3 is 1.81 bits per heavy atom. The molecule has 3 nitrogen and oxygen atoms in total. The number of hydrogen-bond donors (Lipinski definition) is 0. The van der Waals surface area contributed by atoms with Gasteiger partial charge in [-0.1, -0.05) is 145 Å². The molecule has 12 rings (SSSR count). The van der Waals surface area contributed by atoms with E-state index in [1.54, 1.807) is 0 Å². The van der Waals surface area contributed by atoms with Crippen LogP contribution in [0, 0.1) is 6.92 Å². The van der Waals surface area contributed by atoms with E-state index in [9.17, 15) is 0 Å². The van der Waals surface area contributed by atoms with Gasteiger partial charge in [0.05, 0.1) is 11.0 Å². The number of rotatable bonds is 11. The van der Waals surface area contributed by atoms with Crippen molar-refractivity contribution in [2.24, 2.45) is 0 Å². The van der Waals surface area contributed by atoms with Gasteiger partial charge in [0.2, 0.25) is 0 Å². The molecule has 0 N–H and O–H groups in total. The highest BCUT2D eigenvalue weighted by Gasteiger charge is 2.46. The van der Waals surface area contributed by atoms with Crippen LogP contribution in [0.15, 0.2) is 164 Å². The molecule has 3 aliphatic rings. The van der Waals surface area contributed by atoms with Crippen LogP contribution in [0.1, 0.15) is 108 Å². The first-order chi connectivity index (χ1) is 33.5. The average Bonchev–Trinajstić information content (AvgIpc) is 3.70. The topological polar surface area (TPSA) is 11.4 Å². The first-order valence-corrected chi connectivity index (χ1v) is 25.9. The summed E-state index contributed by atoms with van der Waals surface area (Å²) in [7, 11) is 0. The van der Waals surface area contributed by atoms with Crippen molar-refractivity contribution in [1.82, 2.24) is 4.57 Å². The number of fused-ring (bicyclic) bond motifs is 8. The van der Waals surface area contributed by atoms with Gasteiger partial charge in [0, 0.05) is 50.5 Å². The fourth-order valence-corrected chi connectivity index (χ4v) is 12.4. The van der Waals surface area contributed by atoms with E-state index in [4.69, 9.17) is 0 Å². The number of unbranched alkanes of at least 4 members (excludes halogenated alkanes) is 2. The van der Waals surface area contributed by atoms with Crippen molar-refractivity contribution < 1.29 is 0 Å². The Morgan fingerprint density at radius 1 is 0.522 bits per heavy atom. The standard InChI is InChI=1S/C65H64BN3/c1-8-10-21-44-29-32-58-52(36-44)54-37-45(22-11-9-2)38-57-63(54)68(58)61-40-47(46-23-15-12-16-24-46)39-53-51-31-30-50(67(48-25-17-13-18-26-48)49-27-19-14-20-28-49)41-60(51)69(66(57)62(53)61)59-42-56-55(35-43(59)3)64(4,5)33-34-65(56,6)7/h12-20,23-32,35-42H,8-11,21-22,33-34H2,1-7H3. The number of hydrogen-bond acceptors (Lipinski definition) is 2. The maximum atomic E-state index is 2.81. The molecule has 0 fully saturated rings. The van der Waals surface area contributed by atoms with Gasteiger partial charge in [-0.15, -0.1) is 0 Å². The summed E-state index contributed by atoms with van der Waals surface area (Å²) in [5.74, 6) is 0. The van der Waals surface area contributed by atoms with E-state index in [1.807, 2.05) is 0 Å². The van der Waals surface area contributed by atoms with Crippen LogP contribution < -0.4 is 20.6 Å². The van der Waals surface area contributed by atoms with E-state index in [0.717, 1.165) is 42.7 Å². The zero-order valence-corrected chi connectivity index (χ0v) is 41.7. The smallest absolute Gasteiger partial charge is 0.333 e. The molecular formula is C65H64BN3. The molecule has 3 heterocycles. The van der Waals surface area contributed by atoms with E-state index in [0.29, 0.717) is 0 Å². The first-order valence-electron chi connectivity index (χ1n) is 25.9. The zero-order chi connectivity index (χ0) is 47.2. The molecule has 8 aromatic carbocycles. The van der Waals surface area contributed by atoms with Gasteiger partial charge in [-0.25, -0.2) is 0 Å². The van der Waals surface area contributed by atoms with Crippen LogP contribution in [0.3, 0.4) is 0 Å². The molecule has 1 aromatic heterocycles. The molecule has 9 aromatic rings. The van der Waals surface area contributed by atoms with Crippen LogP contribution in [0.5, 0.6) is 0 Å². The number of aryl methyl sites for hydroxylation is 3. The summed E-state index contributed by atoms with van der Waals surface area (Å²) >= 11 is 0. The van der Waals surface area contributed by atoms with E-state index < -0.39 is 0 Å². The van der Waals surface area contributed by atoms with E-state index in [1.165, 1.54) is 126 Å². The molecule has 342 valence electrons. The Morgan fingerprint density at radius 2 is 1.14 bits per heavy atom. The molecule has 0 unspecified atom stereocenters. The van der Waals surface area contributed by atoms with E-state index in [-0.39, 0.29) is 17.7 Å². The van der Waals surface area contributed by atoms with Crippen LogP contribution in [0.4, 0.5) is 28.4 Å². The van der Waals surface area contributed by atoms with Gasteiger partial charge in [-0.3, -0.25) is 0 Å². The van der Waals surface area contributed by atoms with E-state index in [2.05, 4.69) is 227 Å². The van der Waals surface area contributed by atoms with Gasteiger partial charge in [0.25, 0.3) is 0 Å². The van der Waals surface area contributed by atoms with Crippen molar-refractivity contribution in [3.63, 3.8) is 0 Å². The Labute approximate surface area is 410 Å². The van der Waals surface area contributed by atoms with Crippen molar-refractivity contribution >= 4 is 68.0 Å². The summed E-state index contributed by atoms with van der Waals surface area (Å²) < 4.78 is 2.67. The molecule has 0 spiro atoms. The van der Waals surface area contributed by atoms with Gasteiger partial charge >= 0.3 is 6.85 Å². The third kappa shape index (κ3) is 7.07. The molecule has 1 aliphatic carbocycles. The third-order valence-electron chi connectivity index (χ3n) is 16.2. The van der Waals surface area contributed by atoms with Gasteiger partial charge in [-0.2, -0.15) is 0 Å². The fraction of sp³-hybridized carbons (Fsp3) is 0.262. The minimum Gasteiger partial charge on any atom is -0.376 e. The number of anilines is 5. The van der Waals surface area contributed by atoms with Gasteiger partial charge in [-0.05, 0) is 185 Å². The molecule has 0 amide bonds. The third-order valence-corrected chi connectivity index (χ3v) is 16.2. The monoisotopic (exact) mass is 898 g/mol. The van der Waals surface area contributed by atoms with Crippen LogP contribution in [0.2, 0.25) is 0 Å². The quantitative estimate of drug-likeness (QED) is 0.120. The second-order valence-electron chi connectivity index (χ2n) is 21.7. The Kier molecular flexibility index (Phi) is 10.5. The molecule has 0 saturated heterocycles. The van der Waals surface area contributed by atoms with Crippen molar-refractivity contribution in [2.75, 3.05) is 9.71 Å². The van der Waals surface area contributed by atoms with Gasteiger partial charge in [0.1, 0.15) is 0 Å². The lowest BCUT2D eigenvalue weighted by Gasteiger charge is -2.46.